The lowest BCUT2D eigenvalue weighted by atomic mass is 9.95. The minimum absolute atomic E-state index is 0.0220. The first-order valence-electron chi connectivity index (χ1n) is 5.22. The van der Waals surface area contributed by atoms with Gasteiger partial charge in [0, 0.05) is 0 Å². The number of ether oxygens (including phenoxy) is 1. The van der Waals surface area contributed by atoms with Gasteiger partial charge in [-0.25, -0.2) is 4.99 Å². The van der Waals surface area contributed by atoms with Gasteiger partial charge in [0.2, 0.25) is 0 Å². The number of thioether (sulfide) groups is 1. The third kappa shape index (κ3) is 1.80. The fourth-order valence-corrected chi connectivity index (χ4v) is 3.17. The molecule has 1 spiro atoms. The standard InChI is InChI=1S/C10H15NO2S/c1-2-13-8-9(12)14-10(11-8)6-4-3-5-7-10/h2-7H2,1H3. The summed E-state index contributed by atoms with van der Waals surface area (Å²) in [5.41, 5.74) is 0. The second-order valence-corrected chi connectivity index (χ2v) is 5.08. The molecule has 3 nitrogen and oxygen atoms in total. The lowest BCUT2D eigenvalue weighted by Gasteiger charge is -2.27. The lowest BCUT2D eigenvalue weighted by molar-refractivity contribution is -0.106. The van der Waals surface area contributed by atoms with E-state index in [0.717, 1.165) is 12.8 Å². The molecule has 14 heavy (non-hydrogen) atoms. The van der Waals surface area contributed by atoms with Crippen LogP contribution in [0.2, 0.25) is 0 Å². The van der Waals surface area contributed by atoms with E-state index in [4.69, 9.17) is 4.74 Å². The second-order valence-electron chi connectivity index (χ2n) is 3.75. The van der Waals surface area contributed by atoms with Gasteiger partial charge in [-0.1, -0.05) is 19.3 Å². The Balaban J connectivity index is 2.11. The maximum absolute atomic E-state index is 11.5. The monoisotopic (exact) mass is 213 g/mol. The lowest BCUT2D eigenvalue weighted by Crippen LogP contribution is -2.23. The molecule has 0 atom stereocenters. The zero-order valence-corrected chi connectivity index (χ0v) is 9.23. The number of carbonyl (C=O) groups is 1. The summed E-state index contributed by atoms with van der Waals surface area (Å²) in [4.78, 5) is 15.8. The average Bonchev–Trinajstić information content (AvgIpc) is 2.45. The van der Waals surface area contributed by atoms with Crippen LogP contribution in [-0.2, 0) is 9.53 Å². The summed E-state index contributed by atoms with van der Waals surface area (Å²) < 4.78 is 5.22. The van der Waals surface area contributed by atoms with Crippen molar-refractivity contribution in [1.29, 1.82) is 0 Å². The van der Waals surface area contributed by atoms with Crippen LogP contribution < -0.4 is 0 Å². The summed E-state index contributed by atoms with van der Waals surface area (Å²) in [7, 11) is 0. The summed E-state index contributed by atoms with van der Waals surface area (Å²) in [6.07, 6.45) is 5.70. The number of nitrogens with zero attached hydrogens (tertiary/aromatic N) is 1. The smallest absolute Gasteiger partial charge is 0.276 e. The van der Waals surface area contributed by atoms with Crippen LogP contribution in [0.3, 0.4) is 0 Å². The van der Waals surface area contributed by atoms with Gasteiger partial charge in [0.1, 0.15) is 4.87 Å². The maximum Gasteiger partial charge on any atom is 0.276 e. The maximum atomic E-state index is 11.5. The molecule has 1 heterocycles. The molecule has 78 valence electrons. The average molecular weight is 213 g/mol. The highest BCUT2D eigenvalue weighted by molar-refractivity contribution is 8.17. The van der Waals surface area contributed by atoms with E-state index in [9.17, 15) is 4.79 Å². The molecular formula is C10H15NO2S. The fraction of sp³-hybridized carbons (Fsp3) is 0.800. The third-order valence-corrected chi connectivity index (χ3v) is 3.92. The number of aliphatic imine (C=N–C) groups is 1. The Morgan fingerprint density at radius 2 is 2.14 bits per heavy atom. The van der Waals surface area contributed by atoms with Crippen LogP contribution in [-0.4, -0.2) is 22.5 Å². The highest BCUT2D eigenvalue weighted by Gasteiger charge is 2.42. The Morgan fingerprint density at radius 1 is 1.43 bits per heavy atom. The van der Waals surface area contributed by atoms with Crippen molar-refractivity contribution in [3.8, 4) is 0 Å². The van der Waals surface area contributed by atoms with E-state index in [1.165, 1.54) is 31.0 Å². The summed E-state index contributed by atoms with van der Waals surface area (Å²) in [5.74, 6) is 0.347. The Labute approximate surface area is 88.3 Å². The third-order valence-electron chi connectivity index (χ3n) is 2.68. The topological polar surface area (TPSA) is 38.7 Å². The molecule has 0 unspecified atom stereocenters. The van der Waals surface area contributed by atoms with Gasteiger partial charge in [0.25, 0.3) is 11.0 Å². The Kier molecular flexibility index (Phi) is 2.81. The van der Waals surface area contributed by atoms with E-state index in [2.05, 4.69) is 4.99 Å². The molecule has 4 heteroatoms. The van der Waals surface area contributed by atoms with E-state index in [0.29, 0.717) is 12.5 Å². The van der Waals surface area contributed by atoms with Gasteiger partial charge in [-0.05, 0) is 31.5 Å². The van der Waals surface area contributed by atoms with Crippen molar-refractivity contribution in [2.45, 2.75) is 43.9 Å². The predicted octanol–water partition coefficient (Wildman–Crippen LogP) is 2.36. The summed E-state index contributed by atoms with van der Waals surface area (Å²) in [6, 6.07) is 0. The van der Waals surface area contributed by atoms with Crippen molar-refractivity contribution in [1.82, 2.24) is 0 Å². The number of hydrogen-bond acceptors (Lipinski definition) is 4. The normalized spacial score (nSPS) is 25.2. The molecule has 0 saturated heterocycles. The molecule has 0 amide bonds. The van der Waals surface area contributed by atoms with Crippen LogP contribution in [0.4, 0.5) is 0 Å². The van der Waals surface area contributed by atoms with E-state index in [1.807, 2.05) is 6.92 Å². The number of carbonyl (C=O) groups excluding carboxylic acids is 1. The van der Waals surface area contributed by atoms with Gasteiger partial charge in [-0.2, -0.15) is 0 Å². The van der Waals surface area contributed by atoms with E-state index in [1.54, 1.807) is 0 Å². The SMILES string of the molecule is CCOC1=NC2(CCCCC2)SC1=O. The van der Waals surface area contributed by atoms with Crippen molar-refractivity contribution in [2.24, 2.45) is 4.99 Å². The molecule has 1 saturated carbocycles. The number of rotatable bonds is 1. The molecule has 0 N–H and O–H groups in total. The zero-order valence-electron chi connectivity index (χ0n) is 8.41. The highest BCUT2D eigenvalue weighted by Crippen LogP contribution is 2.45. The van der Waals surface area contributed by atoms with Crippen molar-refractivity contribution < 1.29 is 9.53 Å². The Morgan fingerprint density at radius 3 is 2.79 bits per heavy atom. The van der Waals surface area contributed by atoms with Crippen molar-refractivity contribution in [3.63, 3.8) is 0 Å². The van der Waals surface area contributed by atoms with Gasteiger partial charge in [0.15, 0.2) is 0 Å². The number of hydrogen-bond donors (Lipinski definition) is 0. The quantitative estimate of drug-likeness (QED) is 0.671. The van der Waals surface area contributed by atoms with Crippen molar-refractivity contribution in [3.05, 3.63) is 0 Å². The zero-order chi connectivity index (χ0) is 10.0. The first kappa shape index (κ1) is 10.0. The van der Waals surface area contributed by atoms with Crippen molar-refractivity contribution in [2.75, 3.05) is 6.61 Å². The minimum Gasteiger partial charge on any atom is -0.475 e. The Bertz CT molecular complexity index is 269. The van der Waals surface area contributed by atoms with Gasteiger partial charge in [-0.15, -0.1) is 0 Å². The van der Waals surface area contributed by atoms with Crippen LogP contribution >= 0.6 is 11.8 Å². The van der Waals surface area contributed by atoms with Crippen LogP contribution in [0.1, 0.15) is 39.0 Å². The largest absolute Gasteiger partial charge is 0.475 e. The molecule has 0 aromatic carbocycles. The van der Waals surface area contributed by atoms with E-state index in [-0.39, 0.29) is 9.99 Å². The second kappa shape index (κ2) is 3.93. The summed E-state index contributed by atoms with van der Waals surface area (Å²) in [5, 5.41) is 0.0220. The van der Waals surface area contributed by atoms with Crippen LogP contribution in [0.15, 0.2) is 4.99 Å². The van der Waals surface area contributed by atoms with Crippen molar-refractivity contribution >= 4 is 22.8 Å². The molecular weight excluding hydrogens is 198 g/mol. The molecule has 0 radical (unpaired) electrons. The molecule has 0 bridgehead atoms. The predicted molar refractivity (Wildman–Crippen MR) is 57.5 cm³/mol. The highest BCUT2D eigenvalue weighted by atomic mass is 32.2. The fourth-order valence-electron chi connectivity index (χ4n) is 2.02. The summed E-state index contributed by atoms with van der Waals surface area (Å²) >= 11 is 1.37. The first-order valence-corrected chi connectivity index (χ1v) is 6.03. The van der Waals surface area contributed by atoms with E-state index < -0.39 is 0 Å². The molecule has 0 aromatic heterocycles. The Hall–Kier alpha value is -0.510. The molecule has 0 aromatic rings. The van der Waals surface area contributed by atoms with Crippen LogP contribution in [0.5, 0.6) is 0 Å². The summed E-state index contributed by atoms with van der Waals surface area (Å²) in [6.45, 7) is 2.41. The minimum atomic E-state index is -0.153. The van der Waals surface area contributed by atoms with E-state index >= 15 is 0 Å². The van der Waals surface area contributed by atoms with Crippen LogP contribution in [0, 0.1) is 0 Å². The molecule has 1 aliphatic heterocycles. The molecule has 1 fully saturated rings. The first-order chi connectivity index (χ1) is 6.76. The van der Waals surface area contributed by atoms with Crippen LogP contribution in [0.25, 0.3) is 0 Å². The molecule has 2 rings (SSSR count). The molecule has 1 aliphatic carbocycles. The van der Waals surface area contributed by atoms with Gasteiger partial charge >= 0.3 is 0 Å². The van der Waals surface area contributed by atoms with Gasteiger partial charge in [0.05, 0.1) is 6.61 Å². The van der Waals surface area contributed by atoms with Gasteiger partial charge in [-0.3, -0.25) is 4.79 Å². The van der Waals surface area contributed by atoms with Gasteiger partial charge < -0.3 is 4.74 Å². The molecule has 2 aliphatic rings.